The summed E-state index contributed by atoms with van der Waals surface area (Å²) in [7, 11) is 0. The van der Waals surface area contributed by atoms with Gasteiger partial charge in [-0.2, -0.15) is 0 Å². The Kier molecular flexibility index (Phi) is 3.66. The van der Waals surface area contributed by atoms with Crippen LogP contribution in [-0.4, -0.2) is 27.8 Å². The van der Waals surface area contributed by atoms with Crippen molar-refractivity contribution in [2.45, 2.75) is 32.7 Å². The maximum Gasteiger partial charge on any atom is 0.330 e. The highest BCUT2D eigenvalue weighted by atomic mass is 16.3. The Morgan fingerprint density at radius 1 is 1.47 bits per heavy atom. The Morgan fingerprint density at radius 3 is 2.68 bits per heavy atom. The lowest BCUT2D eigenvalue weighted by Crippen LogP contribution is -2.34. The van der Waals surface area contributed by atoms with Gasteiger partial charge in [0, 0.05) is 19.7 Å². The minimum atomic E-state index is -0.494. The summed E-state index contributed by atoms with van der Waals surface area (Å²) in [6.07, 6.45) is 2.78. The summed E-state index contributed by atoms with van der Waals surface area (Å²) in [5, 5.41) is 12.0. The van der Waals surface area contributed by atoms with Crippen LogP contribution in [0.5, 0.6) is 0 Å². The second kappa shape index (κ2) is 5.08. The number of nitrogens with two attached hydrogens (primary N) is 1. The van der Waals surface area contributed by atoms with E-state index in [2.05, 4.69) is 10.3 Å². The highest BCUT2D eigenvalue weighted by Crippen LogP contribution is 2.48. The topological polar surface area (TPSA) is 113 Å². The average molecular weight is 268 g/mol. The lowest BCUT2D eigenvalue weighted by Gasteiger charge is -2.17. The molecule has 106 valence electrons. The van der Waals surface area contributed by atoms with E-state index in [0.29, 0.717) is 19.5 Å². The van der Waals surface area contributed by atoms with E-state index in [1.54, 1.807) is 6.92 Å². The van der Waals surface area contributed by atoms with E-state index in [1.165, 1.54) is 4.57 Å². The van der Waals surface area contributed by atoms with Crippen molar-refractivity contribution in [2.75, 3.05) is 24.2 Å². The third-order valence-electron chi connectivity index (χ3n) is 3.80. The summed E-state index contributed by atoms with van der Waals surface area (Å²) in [4.78, 5) is 25.5. The number of aromatic nitrogens is 2. The number of nitrogens with one attached hydrogen (secondary N) is 2. The van der Waals surface area contributed by atoms with Crippen LogP contribution in [-0.2, 0) is 6.54 Å². The van der Waals surface area contributed by atoms with E-state index in [0.717, 1.165) is 12.8 Å². The molecule has 1 aliphatic carbocycles. The predicted octanol–water partition coefficient (Wildman–Crippen LogP) is -0.287. The van der Waals surface area contributed by atoms with Crippen LogP contribution in [0.4, 0.5) is 11.5 Å². The Labute approximate surface area is 110 Å². The number of rotatable bonds is 6. The Hall–Kier alpha value is -1.76. The summed E-state index contributed by atoms with van der Waals surface area (Å²) < 4.78 is 1.31. The summed E-state index contributed by atoms with van der Waals surface area (Å²) in [5.41, 5.74) is 5.17. The van der Waals surface area contributed by atoms with E-state index < -0.39 is 11.2 Å². The minimum Gasteiger partial charge on any atom is -0.396 e. The summed E-state index contributed by atoms with van der Waals surface area (Å²) in [6, 6.07) is 0. The first-order valence-corrected chi connectivity index (χ1v) is 6.50. The number of aliphatic hydroxyl groups is 1. The van der Waals surface area contributed by atoms with Gasteiger partial charge >= 0.3 is 5.69 Å². The van der Waals surface area contributed by atoms with Gasteiger partial charge in [-0.15, -0.1) is 0 Å². The number of nitrogens with zero attached hydrogens (tertiary/aromatic N) is 1. The molecule has 1 aromatic rings. The lowest BCUT2D eigenvalue weighted by atomic mass is 10.0. The zero-order chi connectivity index (χ0) is 14.0. The van der Waals surface area contributed by atoms with Crippen LogP contribution in [0.15, 0.2) is 9.59 Å². The van der Waals surface area contributed by atoms with Crippen LogP contribution in [0.3, 0.4) is 0 Å². The SMILES string of the molecule is CCn1c(N)c(NCC2(CCO)CC2)c(=O)[nH]c1=O. The van der Waals surface area contributed by atoms with Crippen LogP contribution in [0, 0.1) is 5.41 Å². The van der Waals surface area contributed by atoms with Crippen LogP contribution in [0.2, 0.25) is 0 Å². The van der Waals surface area contributed by atoms with Crippen molar-refractivity contribution in [1.29, 1.82) is 0 Å². The van der Waals surface area contributed by atoms with Gasteiger partial charge in [-0.25, -0.2) is 4.79 Å². The number of H-pyrrole nitrogens is 1. The molecular formula is C12H20N4O3. The number of nitrogen functional groups attached to an aromatic ring is 1. The second-order valence-electron chi connectivity index (χ2n) is 5.09. The fraction of sp³-hybridized carbons (Fsp3) is 0.667. The summed E-state index contributed by atoms with van der Waals surface area (Å²) in [6.45, 7) is 2.91. The molecule has 7 heteroatoms. The van der Waals surface area contributed by atoms with Crippen LogP contribution in [0.25, 0.3) is 0 Å². The van der Waals surface area contributed by atoms with E-state index in [-0.39, 0.29) is 23.5 Å². The largest absolute Gasteiger partial charge is 0.396 e. The van der Waals surface area contributed by atoms with Crippen LogP contribution >= 0.6 is 0 Å². The monoisotopic (exact) mass is 268 g/mol. The fourth-order valence-electron chi connectivity index (χ4n) is 2.28. The van der Waals surface area contributed by atoms with Crippen molar-refractivity contribution in [3.8, 4) is 0 Å². The highest BCUT2D eigenvalue weighted by molar-refractivity contribution is 5.60. The smallest absolute Gasteiger partial charge is 0.330 e. The predicted molar refractivity (Wildman–Crippen MR) is 73.3 cm³/mol. The van der Waals surface area contributed by atoms with Crippen molar-refractivity contribution in [3.63, 3.8) is 0 Å². The molecule has 7 nitrogen and oxygen atoms in total. The molecule has 1 heterocycles. The minimum absolute atomic E-state index is 0.0702. The van der Waals surface area contributed by atoms with Gasteiger partial charge in [-0.05, 0) is 31.6 Å². The Bertz CT molecular complexity index is 571. The molecule has 1 fully saturated rings. The van der Waals surface area contributed by atoms with Crippen LogP contribution < -0.4 is 22.3 Å². The molecule has 19 heavy (non-hydrogen) atoms. The Balaban J connectivity index is 2.21. The van der Waals surface area contributed by atoms with Crippen molar-refractivity contribution in [3.05, 3.63) is 20.8 Å². The van der Waals surface area contributed by atoms with Gasteiger partial charge in [0.25, 0.3) is 5.56 Å². The maximum atomic E-state index is 11.8. The van der Waals surface area contributed by atoms with Crippen molar-refractivity contribution < 1.29 is 5.11 Å². The molecular weight excluding hydrogens is 248 g/mol. The first-order chi connectivity index (χ1) is 9.03. The average Bonchev–Trinajstić information content (AvgIpc) is 3.09. The van der Waals surface area contributed by atoms with Gasteiger partial charge in [0.1, 0.15) is 11.5 Å². The number of anilines is 2. The van der Waals surface area contributed by atoms with Gasteiger partial charge in [0.05, 0.1) is 0 Å². The standard InChI is InChI=1S/C12H20N4O3/c1-2-16-9(13)8(10(18)15-11(16)19)14-7-12(3-4-12)5-6-17/h14,17H,2-7,13H2,1H3,(H,15,18,19). The van der Waals surface area contributed by atoms with E-state index >= 15 is 0 Å². The molecule has 0 saturated heterocycles. The number of hydrogen-bond donors (Lipinski definition) is 4. The molecule has 0 radical (unpaired) electrons. The van der Waals surface area contributed by atoms with Gasteiger partial charge in [-0.3, -0.25) is 14.3 Å². The third-order valence-corrected chi connectivity index (χ3v) is 3.80. The van der Waals surface area contributed by atoms with Gasteiger partial charge < -0.3 is 16.2 Å². The number of hydrogen-bond acceptors (Lipinski definition) is 5. The first-order valence-electron chi connectivity index (χ1n) is 6.50. The van der Waals surface area contributed by atoms with E-state index in [4.69, 9.17) is 10.8 Å². The molecule has 0 aromatic carbocycles. The molecule has 0 aliphatic heterocycles. The molecule has 0 atom stereocenters. The van der Waals surface area contributed by atoms with Gasteiger partial charge in [0.15, 0.2) is 0 Å². The molecule has 1 aliphatic rings. The fourth-order valence-corrected chi connectivity index (χ4v) is 2.28. The maximum absolute atomic E-state index is 11.8. The van der Waals surface area contributed by atoms with Crippen molar-refractivity contribution >= 4 is 11.5 Å². The van der Waals surface area contributed by atoms with E-state index in [9.17, 15) is 9.59 Å². The molecule has 2 rings (SSSR count). The molecule has 1 saturated carbocycles. The van der Waals surface area contributed by atoms with Crippen LogP contribution in [0.1, 0.15) is 26.2 Å². The lowest BCUT2D eigenvalue weighted by molar-refractivity contribution is 0.253. The summed E-state index contributed by atoms with van der Waals surface area (Å²) >= 11 is 0. The van der Waals surface area contributed by atoms with Crippen molar-refractivity contribution in [1.82, 2.24) is 9.55 Å². The molecule has 0 amide bonds. The molecule has 0 spiro atoms. The number of aliphatic hydroxyl groups excluding tert-OH is 1. The first kappa shape index (κ1) is 13.7. The van der Waals surface area contributed by atoms with Gasteiger partial charge in [0.2, 0.25) is 0 Å². The molecule has 1 aromatic heterocycles. The molecule has 5 N–H and O–H groups in total. The zero-order valence-corrected chi connectivity index (χ0v) is 11.0. The van der Waals surface area contributed by atoms with Crippen molar-refractivity contribution in [2.24, 2.45) is 5.41 Å². The Morgan fingerprint density at radius 2 is 2.16 bits per heavy atom. The highest BCUT2D eigenvalue weighted by Gasteiger charge is 2.41. The number of aromatic amines is 1. The zero-order valence-electron chi connectivity index (χ0n) is 11.0. The third kappa shape index (κ3) is 2.65. The molecule has 0 unspecified atom stereocenters. The summed E-state index contributed by atoms with van der Waals surface area (Å²) in [5.74, 6) is 0.163. The second-order valence-corrected chi connectivity index (χ2v) is 5.09. The molecule has 0 bridgehead atoms. The quantitative estimate of drug-likeness (QED) is 0.566. The van der Waals surface area contributed by atoms with Gasteiger partial charge in [-0.1, -0.05) is 0 Å². The van der Waals surface area contributed by atoms with E-state index in [1.807, 2.05) is 0 Å². The normalized spacial score (nSPS) is 16.3.